The largest absolute Gasteiger partial charge is 0.573 e. The van der Waals surface area contributed by atoms with Gasteiger partial charge in [0.25, 0.3) is 0 Å². The molecule has 2 amide bonds. The molecule has 1 aromatic heterocycles. The number of anilines is 3. The maximum Gasteiger partial charge on any atom is 0.573 e. The second-order valence-corrected chi connectivity index (χ2v) is 7.32. The second-order valence-electron chi connectivity index (χ2n) is 7.32. The number of rotatable bonds is 4. The number of piperazine rings is 1. The van der Waals surface area contributed by atoms with Gasteiger partial charge in [0.2, 0.25) is 0 Å². The van der Waals surface area contributed by atoms with Crippen LogP contribution in [0.15, 0.2) is 36.5 Å². The topological polar surface area (TPSA) is 83.1 Å². The second kappa shape index (κ2) is 9.47. The van der Waals surface area contributed by atoms with E-state index in [2.05, 4.69) is 30.1 Å². The van der Waals surface area contributed by atoms with Crippen LogP contribution in [0.25, 0.3) is 0 Å². The number of halogens is 3. The SMILES string of the molecule is O=C(Nc1ccccc1OC(F)(F)F)N1CCN(c2cnnc(N3CCOCC3)c2)CC1. The smallest absolute Gasteiger partial charge is 0.404 e. The van der Waals surface area contributed by atoms with Crippen molar-refractivity contribution in [1.82, 2.24) is 15.1 Å². The number of alkyl halides is 3. The molecule has 2 saturated heterocycles. The highest BCUT2D eigenvalue weighted by atomic mass is 19.4. The number of hydrogen-bond acceptors (Lipinski definition) is 7. The Morgan fingerprint density at radius 3 is 2.47 bits per heavy atom. The van der Waals surface area contributed by atoms with Crippen molar-refractivity contribution < 1.29 is 27.4 Å². The number of amides is 2. The van der Waals surface area contributed by atoms with Gasteiger partial charge in [-0.15, -0.1) is 18.3 Å². The quantitative estimate of drug-likeness (QED) is 0.764. The Kier molecular flexibility index (Phi) is 6.49. The third-order valence-electron chi connectivity index (χ3n) is 5.25. The highest BCUT2D eigenvalue weighted by Crippen LogP contribution is 2.30. The van der Waals surface area contributed by atoms with Crippen LogP contribution >= 0.6 is 0 Å². The average Bonchev–Trinajstić information content (AvgIpc) is 2.80. The van der Waals surface area contributed by atoms with Crippen LogP contribution in [-0.4, -0.2) is 80.0 Å². The van der Waals surface area contributed by atoms with Gasteiger partial charge in [-0.25, -0.2) is 4.79 Å². The Bertz CT molecular complexity index is 931. The third-order valence-corrected chi connectivity index (χ3v) is 5.25. The predicted octanol–water partition coefficient (Wildman–Crippen LogP) is 2.57. The summed E-state index contributed by atoms with van der Waals surface area (Å²) >= 11 is 0. The van der Waals surface area contributed by atoms with Crippen LogP contribution in [0, 0.1) is 0 Å². The van der Waals surface area contributed by atoms with Gasteiger partial charge in [-0.1, -0.05) is 12.1 Å². The molecule has 12 heteroatoms. The number of carbonyl (C=O) groups is 1. The number of benzene rings is 1. The number of aromatic nitrogens is 2. The molecule has 0 radical (unpaired) electrons. The summed E-state index contributed by atoms with van der Waals surface area (Å²) in [6, 6.07) is 6.94. The predicted molar refractivity (Wildman–Crippen MR) is 111 cm³/mol. The molecule has 2 aliphatic heterocycles. The van der Waals surface area contributed by atoms with E-state index in [4.69, 9.17) is 4.74 Å². The normalized spacial score (nSPS) is 17.3. The first kappa shape index (κ1) is 21.9. The van der Waals surface area contributed by atoms with E-state index >= 15 is 0 Å². The lowest BCUT2D eigenvalue weighted by Gasteiger charge is -2.36. The van der Waals surface area contributed by atoms with E-state index in [9.17, 15) is 18.0 Å². The first-order valence-corrected chi connectivity index (χ1v) is 10.2. The van der Waals surface area contributed by atoms with Crippen molar-refractivity contribution in [2.75, 3.05) is 67.6 Å². The highest BCUT2D eigenvalue weighted by molar-refractivity contribution is 5.91. The van der Waals surface area contributed by atoms with Gasteiger partial charge < -0.3 is 29.5 Å². The maximum absolute atomic E-state index is 12.6. The summed E-state index contributed by atoms with van der Waals surface area (Å²) in [6.45, 7) is 4.74. The molecular formula is C20H23F3N6O3. The zero-order chi connectivity index (χ0) is 22.6. The van der Waals surface area contributed by atoms with Gasteiger partial charge in [-0.2, -0.15) is 5.10 Å². The fourth-order valence-electron chi connectivity index (χ4n) is 3.61. The fourth-order valence-corrected chi connectivity index (χ4v) is 3.61. The number of carbonyl (C=O) groups excluding carboxylic acids is 1. The number of morpholine rings is 1. The molecule has 0 aliphatic carbocycles. The van der Waals surface area contributed by atoms with Gasteiger partial charge in [0.05, 0.1) is 30.8 Å². The Balaban J connectivity index is 1.35. The molecule has 0 saturated carbocycles. The molecule has 9 nitrogen and oxygen atoms in total. The lowest BCUT2D eigenvalue weighted by Crippen LogP contribution is -2.50. The van der Waals surface area contributed by atoms with Gasteiger partial charge in [-0.05, 0) is 12.1 Å². The molecule has 0 bridgehead atoms. The zero-order valence-electron chi connectivity index (χ0n) is 17.2. The fraction of sp³-hybridized carbons (Fsp3) is 0.450. The van der Waals surface area contributed by atoms with E-state index in [1.54, 1.807) is 11.1 Å². The molecule has 4 rings (SSSR count). The van der Waals surface area contributed by atoms with E-state index in [0.717, 1.165) is 30.7 Å². The van der Waals surface area contributed by atoms with E-state index < -0.39 is 18.1 Å². The highest BCUT2D eigenvalue weighted by Gasteiger charge is 2.32. The molecule has 0 atom stereocenters. The number of nitrogens with zero attached hydrogens (tertiary/aromatic N) is 5. The summed E-state index contributed by atoms with van der Waals surface area (Å²) < 4.78 is 47.1. The van der Waals surface area contributed by atoms with Crippen LogP contribution in [0.3, 0.4) is 0 Å². The lowest BCUT2D eigenvalue weighted by molar-refractivity contribution is -0.274. The van der Waals surface area contributed by atoms with Crippen LogP contribution in [-0.2, 0) is 4.74 Å². The molecule has 172 valence electrons. The molecular weight excluding hydrogens is 429 g/mol. The van der Waals surface area contributed by atoms with Crippen LogP contribution < -0.4 is 19.9 Å². The standard InChI is InChI=1S/C20H23F3N6O3/c21-20(22,23)32-17-4-2-1-3-16(17)25-19(30)29-7-5-27(6-8-29)15-13-18(26-24-14-15)28-9-11-31-12-10-28/h1-4,13-14H,5-12H2,(H,25,30). The summed E-state index contributed by atoms with van der Waals surface area (Å²) in [5.41, 5.74) is 0.871. The van der Waals surface area contributed by atoms with Crippen molar-refractivity contribution in [1.29, 1.82) is 0 Å². The van der Waals surface area contributed by atoms with Crippen molar-refractivity contribution in [2.24, 2.45) is 0 Å². The molecule has 1 aromatic carbocycles. The van der Waals surface area contributed by atoms with Crippen LogP contribution in [0.4, 0.5) is 35.2 Å². The monoisotopic (exact) mass is 452 g/mol. The molecule has 2 aromatic rings. The van der Waals surface area contributed by atoms with Crippen LogP contribution in [0.2, 0.25) is 0 Å². The van der Waals surface area contributed by atoms with E-state index in [0.29, 0.717) is 39.4 Å². The molecule has 2 aliphatic rings. The molecule has 0 spiro atoms. The van der Waals surface area contributed by atoms with Gasteiger partial charge >= 0.3 is 12.4 Å². The molecule has 3 heterocycles. The molecule has 0 unspecified atom stereocenters. The van der Waals surface area contributed by atoms with Crippen molar-refractivity contribution >= 4 is 23.2 Å². The molecule has 2 fully saturated rings. The Hall–Kier alpha value is -3.28. The summed E-state index contributed by atoms with van der Waals surface area (Å²) in [5.74, 6) is 0.331. The van der Waals surface area contributed by atoms with Gasteiger partial charge in [0.15, 0.2) is 11.6 Å². The zero-order valence-corrected chi connectivity index (χ0v) is 17.2. The summed E-state index contributed by atoms with van der Waals surface area (Å²) in [5, 5.41) is 10.8. The molecule has 1 N–H and O–H groups in total. The van der Waals surface area contributed by atoms with Crippen LogP contribution in [0.1, 0.15) is 0 Å². The summed E-state index contributed by atoms with van der Waals surface area (Å²) in [7, 11) is 0. The Morgan fingerprint density at radius 2 is 1.75 bits per heavy atom. The summed E-state index contributed by atoms with van der Waals surface area (Å²) in [4.78, 5) is 18.4. The third kappa shape index (κ3) is 5.49. The average molecular weight is 452 g/mol. The number of hydrogen-bond donors (Lipinski definition) is 1. The van der Waals surface area contributed by atoms with E-state index in [1.807, 2.05) is 6.07 Å². The van der Waals surface area contributed by atoms with Crippen molar-refractivity contribution in [3.8, 4) is 5.75 Å². The Morgan fingerprint density at radius 1 is 1.03 bits per heavy atom. The number of ether oxygens (including phenoxy) is 2. The first-order chi connectivity index (χ1) is 15.4. The van der Waals surface area contributed by atoms with Gasteiger partial charge in [0.1, 0.15) is 0 Å². The van der Waals surface area contributed by atoms with E-state index in [1.165, 1.54) is 18.2 Å². The van der Waals surface area contributed by atoms with Gasteiger partial charge in [0, 0.05) is 45.3 Å². The number of urea groups is 1. The number of para-hydroxylation sites is 2. The summed E-state index contributed by atoms with van der Waals surface area (Å²) in [6.07, 6.45) is -3.16. The minimum atomic E-state index is -4.84. The minimum absolute atomic E-state index is 0.0364. The molecule has 32 heavy (non-hydrogen) atoms. The number of nitrogens with one attached hydrogen (secondary N) is 1. The van der Waals surface area contributed by atoms with Crippen molar-refractivity contribution in [3.05, 3.63) is 36.5 Å². The minimum Gasteiger partial charge on any atom is -0.404 e. The van der Waals surface area contributed by atoms with Gasteiger partial charge in [-0.3, -0.25) is 0 Å². The van der Waals surface area contributed by atoms with E-state index in [-0.39, 0.29) is 5.69 Å². The maximum atomic E-state index is 12.6. The first-order valence-electron chi connectivity index (χ1n) is 10.2. The lowest BCUT2D eigenvalue weighted by atomic mass is 10.2. The van der Waals surface area contributed by atoms with Crippen molar-refractivity contribution in [3.63, 3.8) is 0 Å². The van der Waals surface area contributed by atoms with Crippen LogP contribution in [0.5, 0.6) is 5.75 Å². The van der Waals surface area contributed by atoms with Crippen molar-refractivity contribution in [2.45, 2.75) is 6.36 Å². The Labute approximate surface area is 182 Å².